The van der Waals surface area contributed by atoms with E-state index in [9.17, 15) is 18.3 Å². The van der Waals surface area contributed by atoms with Crippen molar-refractivity contribution in [2.45, 2.75) is 24.8 Å². The first-order chi connectivity index (χ1) is 17.9. The smallest absolute Gasteiger partial charge is 0.271 e. The van der Waals surface area contributed by atoms with Gasteiger partial charge in [-0.25, -0.2) is 13.8 Å². The Labute approximate surface area is 214 Å². The third-order valence-corrected chi connectivity index (χ3v) is 7.87. The Bertz CT molecular complexity index is 1610. The number of hydrogen-bond acceptors (Lipinski definition) is 6. The van der Waals surface area contributed by atoms with Gasteiger partial charge in [-0.05, 0) is 53.8 Å². The summed E-state index contributed by atoms with van der Waals surface area (Å²) in [6, 6.07) is 22.4. The molecule has 0 saturated carbocycles. The normalized spacial score (nSPS) is 13.8. The van der Waals surface area contributed by atoms with Crippen molar-refractivity contribution < 1.29 is 23.1 Å². The number of phenols is 1. The summed E-state index contributed by atoms with van der Waals surface area (Å²) in [5.74, 6) is 0.115. The number of carbonyl (C=O) groups is 1. The number of hydrazone groups is 1. The van der Waals surface area contributed by atoms with Gasteiger partial charge in [0.2, 0.25) is 0 Å². The summed E-state index contributed by atoms with van der Waals surface area (Å²) in [6.07, 6.45) is 2.21. The average Bonchev–Trinajstić information content (AvgIpc) is 3.12. The predicted octanol–water partition coefficient (Wildman–Crippen LogP) is 4.81. The van der Waals surface area contributed by atoms with Crippen molar-refractivity contribution in [3.05, 3.63) is 95.6 Å². The highest BCUT2D eigenvalue weighted by Gasteiger charge is 2.35. The van der Waals surface area contributed by atoms with Gasteiger partial charge < -0.3 is 9.84 Å². The van der Waals surface area contributed by atoms with Crippen LogP contribution in [-0.4, -0.2) is 32.3 Å². The van der Waals surface area contributed by atoms with E-state index >= 15 is 0 Å². The lowest BCUT2D eigenvalue weighted by Crippen LogP contribution is -2.26. The molecule has 37 heavy (non-hydrogen) atoms. The second kappa shape index (κ2) is 9.94. The van der Waals surface area contributed by atoms with Crippen LogP contribution in [0, 0.1) is 0 Å². The zero-order valence-electron chi connectivity index (χ0n) is 20.1. The minimum absolute atomic E-state index is 0.00865. The number of phenolic OH excluding ortho intramolecular Hbond substituents is 1. The van der Waals surface area contributed by atoms with Crippen LogP contribution in [0.4, 0.5) is 5.69 Å². The fourth-order valence-corrected chi connectivity index (χ4v) is 5.92. The first kappa shape index (κ1) is 24.3. The summed E-state index contributed by atoms with van der Waals surface area (Å²) >= 11 is 0. The van der Waals surface area contributed by atoms with Gasteiger partial charge >= 0.3 is 0 Å². The molecule has 5 rings (SSSR count). The van der Waals surface area contributed by atoms with E-state index in [1.165, 1.54) is 16.6 Å². The fraction of sp³-hybridized carbons (Fsp3) is 0.143. The molecule has 1 aliphatic heterocycles. The standard InChI is InChI=1S/C28H25N3O5S/c1-2-15-36-23-14-13-22(25(32)16-23)17-29-30-28(33)21-11-9-19(10-12-21)18-31-24-7-3-5-20-6-4-8-26(27(20)24)37(31,34)35/h3-14,16-17,32H,2,15,18H2,1H3,(H,30,33). The van der Waals surface area contributed by atoms with Crippen LogP contribution in [0.3, 0.4) is 0 Å². The van der Waals surface area contributed by atoms with E-state index in [2.05, 4.69) is 10.5 Å². The van der Waals surface area contributed by atoms with E-state index in [-0.39, 0.29) is 12.3 Å². The van der Waals surface area contributed by atoms with Gasteiger partial charge in [-0.2, -0.15) is 5.10 Å². The SMILES string of the molecule is CCCOc1ccc(C=NNC(=O)c2ccc(CN3c4cccc5cccc(c45)S3(=O)=O)cc2)c(O)c1. The maximum Gasteiger partial charge on any atom is 0.271 e. The Morgan fingerprint density at radius 1 is 1.05 bits per heavy atom. The molecule has 1 amide bonds. The summed E-state index contributed by atoms with van der Waals surface area (Å²) < 4.78 is 33.3. The van der Waals surface area contributed by atoms with Crippen molar-refractivity contribution in [3.8, 4) is 11.5 Å². The molecule has 0 radical (unpaired) electrons. The lowest BCUT2D eigenvalue weighted by Gasteiger charge is -2.19. The van der Waals surface area contributed by atoms with Crippen molar-refractivity contribution >= 4 is 38.6 Å². The molecule has 4 aromatic carbocycles. The molecule has 8 nitrogen and oxygen atoms in total. The average molecular weight is 516 g/mol. The predicted molar refractivity (Wildman–Crippen MR) is 143 cm³/mol. The molecule has 0 aliphatic carbocycles. The number of amides is 1. The second-order valence-electron chi connectivity index (χ2n) is 8.61. The molecule has 0 aromatic heterocycles. The van der Waals surface area contributed by atoms with Crippen LogP contribution in [0.2, 0.25) is 0 Å². The molecular weight excluding hydrogens is 490 g/mol. The summed E-state index contributed by atoms with van der Waals surface area (Å²) in [4.78, 5) is 12.8. The lowest BCUT2D eigenvalue weighted by molar-refractivity contribution is 0.0955. The number of nitrogens with zero attached hydrogens (tertiary/aromatic N) is 2. The Morgan fingerprint density at radius 2 is 1.81 bits per heavy atom. The molecule has 0 fully saturated rings. The highest BCUT2D eigenvalue weighted by atomic mass is 32.2. The lowest BCUT2D eigenvalue weighted by atomic mass is 10.1. The van der Waals surface area contributed by atoms with E-state index in [0.717, 1.165) is 22.8 Å². The van der Waals surface area contributed by atoms with Crippen molar-refractivity contribution in [2.75, 3.05) is 10.9 Å². The molecule has 9 heteroatoms. The summed E-state index contributed by atoms with van der Waals surface area (Å²) in [6.45, 7) is 2.70. The highest BCUT2D eigenvalue weighted by Crippen LogP contribution is 2.42. The van der Waals surface area contributed by atoms with Crippen LogP contribution in [-0.2, 0) is 16.6 Å². The van der Waals surface area contributed by atoms with Crippen molar-refractivity contribution in [1.29, 1.82) is 0 Å². The number of ether oxygens (including phenoxy) is 1. The van der Waals surface area contributed by atoms with Gasteiger partial charge in [0.1, 0.15) is 11.5 Å². The first-order valence-electron chi connectivity index (χ1n) is 11.8. The third kappa shape index (κ3) is 4.73. The molecule has 188 valence electrons. The number of rotatable bonds is 8. The zero-order chi connectivity index (χ0) is 26.0. The number of anilines is 1. The quantitative estimate of drug-likeness (QED) is 0.259. The minimum Gasteiger partial charge on any atom is -0.507 e. The maximum atomic E-state index is 13.2. The van der Waals surface area contributed by atoms with Gasteiger partial charge in [-0.1, -0.05) is 43.3 Å². The van der Waals surface area contributed by atoms with E-state index in [0.29, 0.717) is 34.1 Å². The molecule has 0 saturated heterocycles. The van der Waals surface area contributed by atoms with Crippen LogP contribution in [0.15, 0.2) is 88.9 Å². The van der Waals surface area contributed by atoms with Crippen LogP contribution in [0.5, 0.6) is 11.5 Å². The van der Waals surface area contributed by atoms with Gasteiger partial charge in [0.25, 0.3) is 15.9 Å². The number of nitrogens with one attached hydrogen (secondary N) is 1. The van der Waals surface area contributed by atoms with E-state index < -0.39 is 15.9 Å². The Kier molecular flexibility index (Phi) is 6.54. The van der Waals surface area contributed by atoms with Crippen molar-refractivity contribution in [1.82, 2.24) is 5.43 Å². The first-order valence-corrected chi connectivity index (χ1v) is 13.2. The van der Waals surface area contributed by atoms with Crippen molar-refractivity contribution in [2.24, 2.45) is 5.10 Å². The van der Waals surface area contributed by atoms with E-state index in [1.54, 1.807) is 54.6 Å². The van der Waals surface area contributed by atoms with Crippen molar-refractivity contribution in [3.63, 3.8) is 0 Å². The topological polar surface area (TPSA) is 108 Å². The second-order valence-corrected chi connectivity index (χ2v) is 10.4. The number of aromatic hydroxyl groups is 1. The Balaban J connectivity index is 1.25. The Morgan fingerprint density at radius 3 is 2.54 bits per heavy atom. The molecular formula is C28H25N3O5S. The number of sulfonamides is 1. The fourth-order valence-electron chi connectivity index (χ4n) is 4.22. The molecule has 4 aromatic rings. The van der Waals surface area contributed by atoms with Gasteiger partial charge in [0.05, 0.1) is 29.9 Å². The third-order valence-electron chi connectivity index (χ3n) is 6.07. The minimum atomic E-state index is -3.67. The number of carbonyl (C=O) groups excluding carboxylic acids is 1. The van der Waals surface area contributed by atoms with Crippen LogP contribution >= 0.6 is 0 Å². The molecule has 0 unspecified atom stereocenters. The zero-order valence-corrected chi connectivity index (χ0v) is 20.9. The summed E-state index contributed by atoms with van der Waals surface area (Å²) in [7, 11) is -3.67. The monoisotopic (exact) mass is 515 g/mol. The van der Waals surface area contributed by atoms with Gasteiger partial charge in [-0.3, -0.25) is 9.10 Å². The molecule has 1 aliphatic rings. The number of hydrogen-bond donors (Lipinski definition) is 2. The molecule has 2 N–H and O–H groups in total. The van der Waals surface area contributed by atoms with Gasteiger partial charge in [0, 0.05) is 22.6 Å². The molecule has 1 heterocycles. The summed E-state index contributed by atoms with van der Waals surface area (Å²) in [5.41, 5.74) is 4.62. The van der Waals surface area contributed by atoms with Crippen LogP contribution in [0.1, 0.15) is 34.8 Å². The Hall–Kier alpha value is -4.37. The maximum absolute atomic E-state index is 13.2. The van der Waals surface area contributed by atoms with Crippen LogP contribution < -0.4 is 14.5 Å². The van der Waals surface area contributed by atoms with Crippen LogP contribution in [0.25, 0.3) is 10.8 Å². The molecule has 0 spiro atoms. The highest BCUT2D eigenvalue weighted by molar-refractivity contribution is 7.93. The van der Waals surface area contributed by atoms with E-state index in [4.69, 9.17) is 4.74 Å². The summed E-state index contributed by atoms with van der Waals surface area (Å²) in [5, 5.41) is 15.7. The van der Waals surface area contributed by atoms with E-state index in [1.807, 2.05) is 25.1 Å². The number of benzene rings is 4. The largest absolute Gasteiger partial charge is 0.507 e. The van der Waals surface area contributed by atoms with Gasteiger partial charge in [-0.15, -0.1) is 0 Å². The molecule has 0 atom stereocenters. The molecule has 0 bridgehead atoms. The van der Waals surface area contributed by atoms with Gasteiger partial charge in [0.15, 0.2) is 0 Å².